The average Bonchev–Trinajstić information content (AvgIpc) is 3.29. The topological polar surface area (TPSA) is 83.8 Å². The first-order valence-electron chi connectivity index (χ1n) is 8.84. The van der Waals surface area contributed by atoms with Crippen LogP contribution in [0.15, 0.2) is 30.7 Å². The molecule has 138 valence electrons. The van der Waals surface area contributed by atoms with Gasteiger partial charge in [0.1, 0.15) is 11.3 Å². The maximum Gasteiger partial charge on any atom is 0.282 e. The van der Waals surface area contributed by atoms with Crippen LogP contribution in [0.4, 0.5) is 14.7 Å². The number of H-pyrrole nitrogens is 1. The summed E-state index contributed by atoms with van der Waals surface area (Å²) in [5, 5.41) is 8.45. The third-order valence-electron chi connectivity index (χ3n) is 5.01. The van der Waals surface area contributed by atoms with Crippen LogP contribution in [0.5, 0.6) is 0 Å². The molecule has 27 heavy (non-hydrogen) atoms. The van der Waals surface area contributed by atoms with Gasteiger partial charge in [-0.15, -0.1) is 0 Å². The van der Waals surface area contributed by atoms with Crippen molar-refractivity contribution >= 4 is 22.6 Å². The summed E-state index contributed by atoms with van der Waals surface area (Å²) < 4.78 is 27.4. The van der Waals surface area contributed by atoms with Crippen LogP contribution < -0.4 is 5.32 Å². The molecule has 4 aromatic rings. The summed E-state index contributed by atoms with van der Waals surface area (Å²) in [5.74, 6) is 1.27. The van der Waals surface area contributed by atoms with Gasteiger partial charge in [-0.2, -0.15) is 10.1 Å². The van der Waals surface area contributed by atoms with Crippen LogP contribution in [0.1, 0.15) is 31.9 Å². The lowest BCUT2D eigenvalue weighted by Crippen LogP contribution is -2.18. The summed E-state index contributed by atoms with van der Waals surface area (Å²) in [6, 6.07) is 3.76. The molecule has 1 unspecified atom stereocenters. The van der Waals surface area contributed by atoms with Gasteiger partial charge in [0.15, 0.2) is 5.65 Å². The fourth-order valence-electron chi connectivity index (χ4n) is 3.29. The van der Waals surface area contributed by atoms with E-state index in [0.29, 0.717) is 34.9 Å². The van der Waals surface area contributed by atoms with Crippen molar-refractivity contribution in [2.45, 2.75) is 32.2 Å². The van der Waals surface area contributed by atoms with Crippen LogP contribution in [-0.4, -0.2) is 35.6 Å². The maximum atomic E-state index is 13.1. The molecule has 0 aliphatic heterocycles. The van der Waals surface area contributed by atoms with Crippen molar-refractivity contribution in [3.05, 3.63) is 36.4 Å². The first-order chi connectivity index (χ1) is 13.1. The van der Waals surface area contributed by atoms with Gasteiger partial charge in [-0.3, -0.25) is 0 Å². The van der Waals surface area contributed by atoms with E-state index in [1.165, 1.54) is 17.4 Å². The van der Waals surface area contributed by atoms with Gasteiger partial charge in [-0.05, 0) is 37.8 Å². The predicted octanol–water partition coefficient (Wildman–Crippen LogP) is 3.82. The van der Waals surface area contributed by atoms with Gasteiger partial charge < -0.3 is 10.3 Å². The highest BCUT2D eigenvalue weighted by molar-refractivity contribution is 5.92. The van der Waals surface area contributed by atoms with Crippen molar-refractivity contribution in [2.24, 2.45) is 5.92 Å². The Hall–Kier alpha value is -3.10. The van der Waals surface area contributed by atoms with E-state index in [4.69, 9.17) is 0 Å². The number of rotatable bonds is 5. The standard InChI is InChI=1S/C18H17F2N7/c1-9(10-2-3-10)24-18-23-7-12-11(6-22-17(12)25-18)13-4-5-15-21-8-14(16(19)20)27(15)26-13/h4-10,16H,2-3H2,1H3,(H2,22,23,24,25). The third-order valence-corrected chi connectivity index (χ3v) is 5.01. The smallest absolute Gasteiger partial charge is 0.282 e. The van der Waals surface area contributed by atoms with Gasteiger partial charge in [0, 0.05) is 29.4 Å². The van der Waals surface area contributed by atoms with Crippen molar-refractivity contribution in [2.75, 3.05) is 5.32 Å². The molecule has 1 saturated carbocycles. The van der Waals surface area contributed by atoms with E-state index in [1.54, 1.807) is 24.5 Å². The number of aromatic amines is 1. The Morgan fingerprint density at radius 3 is 2.85 bits per heavy atom. The van der Waals surface area contributed by atoms with E-state index in [9.17, 15) is 8.78 Å². The first kappa shape index (κ1) is 16.1. The average molecular weight is 369 g/mol. The second kappa shape index (κ2) is 5.97. The van der Waals surface area contributed by atoms with E-state index in [0.717, 1.165) is 17.1 Å². The molecule has 9 heteroatoms. The lowest BCUT2D eigenvalue weighted by Gasteiger charge is -2.12. The Bertz CT molecular complexity index is 1130. The minimum Gasteiger partial charge on any atom is -0.351 e. The summed E-state index contributed by atoms with van der Waals surface area (Å²) in [6.07, 6.45) is 4.48. The molecular weight excluding hydrogens is 352 g/mol. The van der Waals surface area contributed by atoms with Crippen LogP contribution in [0.25, 0.3) is 27.9 Å². The summed E-state index contributed by atoms with van der Waals surface area (Å²) in [7, 11) is 0. The van der Waals surface area contributed by atoms with Crippen molar-refractivity contribution in [1.29, 1.82) is 0 Å². The Morgan fingerprint density at radius 2 is 2.07 bits per heavy atom. The molecule has 0 aromatic carbocycles. The zero-order chi connectivity index (χ0) is 18.5. The molecule has 0 spiro atoms. The molecule has 1 aliphatic rings. The molecule has 0 radical (unpaired) electrons. The van der Waals surface area contributed by atoms with E-state index >= 15 is 0 Å². The molecular formula is C18H17F2N7. The fourth-order valence-corrected chi connectivity index (χ4v) is 3.29. The molecule has 1 aliphatic carbocycles. The molecule has 0 amide bonds. The van der Waals surface area contributed by atoms with Crippen LogP contribution in [0.3, 0.4) is 0 Å². The SMILES string of the molecule is CC(Nc1ncc2c(-c3ccc4ncc(C(F)F)n4n3)c[nH]c2n1)C1CC1. The summed E-state index contributed by atoms with van der Waals surface area (Å²) >= 11 is 0. The van der Waals surface area contributed by atoms with E-state index in [1.807, 2.05) is 0 Å². The Kier molecular flexibility index (Phi) is 3.56. The third kappa shape index (κ3) is 2.79. The monoisotopic (exact) mass is 369 g/mol. The minimum atomic E-state index is -2.64. The van der Waals surface area contributed by atoms with Gasteiger partial charge in [-0.25, -0.2) is 23.3 Å². The number of hydrogen-bond acceptors (Lipinski definition) is 5. The predicted molar refractivity (Wildman–Crippen MR) is 96.6 cm³/mol. The van der Waals surface area contributed by atoms with Crippen molar-refractivity contribution < 1.29 is 8.78 Å². The Balaban J connectivity index is 1.52. The van der Waals surface area contributed by atoms with E-state index in [-0.39, 0.29) is 5.69 Å². The van der Waals surface area contributed by atoms with Gasteiger partial charge in [-0.1, -0.05) is 0 Å². The Morgan fingerprint density at radius 1 is 1.22 bits per heavy atom. The van der Waals surface area contributed by atoms with Gasteiger partial charge in [0.25, 0.3) is 6.43 Å². The largest absolute Gasteiger partial charge is 0.351 e. The number of halogens is 2. The Labute approximate surface area is 152 Å². The molecule has 1 fully saturated rings. The number of nitrogens with one attached hydrogen (secondary N) is 2. The number of alkyl halides is 2. The van der Waals surface area contributed by atoms with Gasteiger partial charge >= 0.3 is 0 Å². The quantitative estimate of drug-likeness (QED) is 0.559. The number of nitrogens with zero attached hydrogens (tertiary/aromatic N) is 5. The second-order valence-electron chi connectivity index (χ2n) is 6.90. The second-order valence-corrected chi connectivity index (χ2v) is 6.90. The highest BCUT2D eigenvalue weighted by Gasteiger charge is 2.28. The summed E-state index contributed by atoms with van der Waals surface area (Å²) in [4.78, 5) is 16.0. The summed E-state index contributed by atoms with van der Waals surface area (Å²) in [6.45, 7) is 2.14. The highest BCUT2D eigenvalue weighted by Crippen LogP contribution is 2.34. The molecule has 7 nitrogen and oxygen atoms in total. The minimum absolute atomic E-state index is 0.233. The molecule has 4 aromatic heterocycles. The molecule has 0 bridgehead atoms. The first-order valence-corrected chi connectivity index (χ1v) is 8.84. The molecule has 0 saturated heterocycles. The molecule has 1 atom stereocenters. The molecule has 4 heterocycles. The van der Waals surface area contributed by atoms with Crippen LogP contribution in [-0.2, 0) is 0 Å². The zero-order valence-corrected chi connectivity index (χ0v) is 14.5. The van der Waals surface area contributed by atoms with Crippen molar-refractivity contribution in [3.63, 3.8) is 0 Å². The lowest BCUT2D eigenvalue weighted by molar-refractivity contribution is 0.143. The zero-order valence-electron chi connectivity index (χ0n) is 14.5. The fraction of sp³-hybridized carbons (Fsp3) is 0.333. The van der Waals surface area contributed by atoms with Gasteiger partial charge in [0.2, 0.25) is 5.95 Å². The molecule has 5 rings (SSSR count). The van der Waals surface area contributed by atoms with Crippen molar-refractivity contribution in [1.82, 2.24) is 29.5 Å². The summed E-state index contributed by atoms with van der Waals surface area (Å²) in [5.41, 5.74) is 2.12. The van der Waals surface area contributed by atoms with Gasteiger partial charge in [0.05, 0.1) is 11.9 Å². The number of aromatic nitrogens is 6. The van der Waals surface area contributed by atoms with Crippen LogP contribution in [0, 0.1) is 5.92 Å². The number of imidazole rings is 1. The number of fused-ring (bicyclic) bond motifs is 2. The lowest BCUT2D eigenvalue weighted by atomic mass is 10.2. The normalized spacial score (nSPS) is 15.7. The van der Waals surface area contributed by atoms with Crippen LogP contribution >= 0.6 is 0 Å². The molecule has 2 N–H and O–H groups in total. The van der Waals surface area contributed by atoms with E-state index < -0.39 is 6.43 Å². The highest BCUT2D eigenvalue weighted by atomic mass is 19.3. The van der Waals surface area contributed by atoms with Crippen LogP contribution in [0.2, 0.25) is 0 Å². The number of hydrogen-bond donors (Lipinski definition) is 2. The van der Waals surface area contributed by atoms with Crippen molar-refractivity contribution in [3.8, 4) is 11.3 Å². The maximum absolute atomic E-state index is 13.1. The number of anilines is 1. The van der Waals surface area contributed by atoms with E-state index in [2.05, 4.69) is 37.3 Å².